The van der Waals surface area contributed by atoms with Crippen LogP contribution in [-0.2, 0) is 9.59 Å². The van der Waals surface area contributed by atoms with Gasteiger partial charge in [0.2, 0.25) is 0 Å². The first-order valence-corrected chi connectivity index (χ1v) is 5.83. The molecule has 0 aromatic rings. The molecule has 1 fully saturated rings. The molecule has 1 saturated heterocycles. The Labute approximate surface area is 97.6 Å². The maximum Gasteiger partial charge on any atom is 0.312 e. The molecule has 0 spiro atoms. The molecular formula is C12H22N2O2. The van der Waals surface area contributed by atoms with Gasteiger partial charge in [0.05, 0.1) is 12.1 Å². The molecule has 1 aliphatic heterocycles. The average molecular weight is 226 g/mol. The van der Waals surface area contributed by atoms with Crippen LogP contribution >= 0.6 is 0 Å². The maximum atomic E-state index is 11.8. The van der Waals surface area contributed by atoms with Crippen molar-refractivity contribution in [3.8, 4) is 0 Å². The van der Waals surface area contributed by atoms with Crippen molar-refractivity contribution < 1.29 is 9.59 Å². The summed E-state index contributed by atoms with van der Waals surface area (Å²) in [5.74, 6) is -0.0926. The Bertz CT molecular complexity index is 269. The quantitative estimate of drug-likeness (QED) is 0.658. The van der Waals surface area contributed by atoms with Crippen molar-refractivity contribution in [2.45, 2.75) is 39.8 Å². The summed E-state index contributed by atoms with van der Waals surface area (Å²) in [7, 11) is 3.46. The zero-order chi connectivity index (χ0) is 12.6. The van der Waals surface area contributed by atoms with E-state index in [9.17, 15) is 9.59 Å². The van der Waals surface area contributed by atoms with E-state index in [2.05, 4.69) is 27.7 Å². The molecule has 4 heteroatoms. The van der Waals surface area contributed by atoms with E-state index in [4.69, 9.17) is 0 Å². The summed E-state index contributed by atoms with van der Waals surface area (Å²) < 4.78 is 0. The van der Waals surface area contributed by atoms with Gasteiger partial charge in [0.25, 0.3) is 0 Å². The summed E-state index contributed by atoms with van der Waals surface area (Å²) in [5.41, 5.74) is 0. The summed E-state index contributed by atoms with van der Waals surface area (Å²) >= 11 is 0. The third kappa shape index (κ3) is 1.93. The molecule has 92 valence electrons. The van der Waals surface area contributed by atoms with Gasteiger partial charge in [-0.05, 0) is 11.8 Å². The molecule has 2 atom stereocenters. The normalized spacial score (nSPS) is 27.2. The Hall–Kier alpha value is -1.06. The number of carbonyl (C=O) groups is 2. The highest BCUT2D eigenvalue weighted by Gasteiger charge is 2.44. The van der Waals surface area contributed by atoms with E-state index < -0.39 is 11.8 Å². The largest absolute Gasteiger partial charge is 0.332 e. The van der Waals surface area contributed by atoms with Crippen LogP contribution in [0.1, 0.15) is 27.7 Å². The minimum Gasteiger partial charge on any atom is -0.332 e. The van der Waals surface area contributed by atoms with Crippen molar-refractivity contribution in [1.29, 1.82) is 0 Å². The molecule has 0 saturated carbocycles. The molecule has 0 radical (unpaired) electrons. The highest BCUT2D eigenvalue weighted by atomic mass is 16.2. The SMILES string of the molecule is CC(C)C1C(C(C)C)N(C)C(=O)C(=O)N1C. The smallest absolute Gasteiger partial charge is 0.312 e. The molecule has 1 aliphatic rings. The van der Waals surface area contributed by atoms with Gasteiger partial charge in [0, 0.05) is 14.1 Å². The highest BCUT2D eigenvalue weighted by Crippen LogP contribution is 2.27. The second-order valence-electron chi connectivity index (χ2n) is 5.30. The lowest BCUT2D eigenvalue weighted by Crippen LogP contribution is -2.65. The Morgan fingerprint density at radius 3 is 1.25 bits per heavy atom. The minimum absolute atomic E-state index is 0.107. The first kappa shape index (κ1) is 13.0. The van der Waals surface area contributed by atoms with Crippen LogP contribution in [0.15, 0.2) is 0 Å². The van der Waals surface area contributed by atoms with E-state index in [1.54, 1.807) is 23.9 Å². The minimum atomic E-state index is -0.391. The average Bonchev–Trinajstić information content (AvgIpc) is 2.18. The second-order valence-corrected chi connectivity index (χ2v) is 5.30. The molecule has 2 unspecified atom stereocenters. The van der Waals surface area contributed by atoms with Crippen LogP contribution in [0.3, 0.4) is 0 Å². The number of nitrogens with zero attached hydrogens (tertiary/aromatic N) is 2. The van der Waals surface area contributed by atoms with Crippen molar-refractivity contribution in [1.82, 2.24) is 9.80 Å². The molecule has 4 nitrogen and oxygen atoms in total. The maximum absolute atomic E-state index is 11.8. The lowest BCUT2D eigenvalue weighted by molar-refractivity contribution is -0.163. The van der Waals surface area contributed by atoms with Crippen molar-refractivity contribution >= 4 is 11.8 Å². The van der Waals surface area contributed by atoms with Gasteiger partial charge in [-0.25, -0.2) is 0 Å². The summed E-state index contributed by atoms with van der Waals surface area (Å²) in [6.07, 6.45) is 0. The Balaban J connectivity index is 3.11. The van der Waals surface area contributed by atoms with Crippen LogP contribution in [0.25, 0.3) is 0 Å². The summed E-state index contributed by atoms with van der Waals surface area (Å²) in [6, 6.07) is 0.213. The Morgan fingerprint density at radius 2 is 1.06 bits per heavy atom. The van der Waals surface area contributed by atoms with Crippen LogP contribution in [-0.4, -0.2) is 47.8 Å². The first-order chi connectivity index (χ1) is 7.29. The van der Waals surface area contributed by atoms with Gasteiger partial charge in [0.15, 0.2) is 0 Å². The fourth-order valence-corrected chi connectivity index (χ4v) is 2.71. The van der Waals surface area contributed by atoms with Gasteiger partial charge in [-0.1, -0.05) is 27.7 Å². The van der Waals surface area contributed by atoms with Crippen molar-refractivity contribution in [3.63, 3.8) is 0 Å². The summed E-state index contributed by atoms with van der Waals surface area (Å²) in [4.78, 5) is 26.7. The third-order valence-corrected chi connectivity index (χ3v) is 3.43. The highest BCUT2D eigenvalue weighted by molar-refractivity contribution is 6.35. The summed E-state index contributed by atoms with van der Waals surface area (Å²) in [5, 5.41) is 0. The molecule has 2 amide bonds. The van der Waals surface area contributed by atoms with Crippen LogP contribution in [0, 0.1) is 11.8 Å². The number of carbonyl (C=O) groups excluding carboxylic acids is 2. The van der Waals surface area contributed by atoms with Crippen LogP contribution in [0.2, 0.25) is 0 Å². The monoisotopic (exact) mass is 226 g/mol. The van der Waals surface area contributed by atoms with Crippen molar-refractivity contribution in [2.75, 3.05) is 14.1 Å². The Morgan fingerprint density at radius 1 is 0.812 bits per heavy atom. The van der Waals surface area contributed by atoms with Gasteiger partial charge in [-0.15, -0.1) is 0 Å². The van der Waals surface area contributed by atoms with E-state index >= 15 is 0 Å². The number of rotatable bonds is 2. The predicted molar refractivity (Wildman–Crippen MR) is 62.8 cm³/mol. The van der Waals surface area contributed by atoms with Gasteiger partial charge in [-0.3, -0.25) is 9.59 Å². The van der Waals surface area contributed by atoms with Gasteiger partial charge in [-0.2, -0.15) is 0 Å². The van der Waals surface area contributed by atoms with E-state index in [0.29, 0.717) is 11.8 Å². The molecule has 0 aromatic carbocycles. The number of piperazine rings is 1. The first-order valence-electron chi connectivity index (χ1n) is 5.83. The third-order valence-electron chi connectivity index (χ3n) is 3.43. The lowest BCUT2D eigenvalue weighted by atomic mass is 9.85. The number of hydrogen-bond acceptors (Lipinski definition) is 2. The van der Waals surface area contributed by atoms with Gasteiger partial charge < -0.3 is 9.80 Å². The Kier molecular flexibility index (Phi) is 3.61. The molecule has 0 aliphatic carbocycles. The fourth-order valence-electron chi connectivity index (χ4n) is 2.71. The summed E-state index contributed by atoms with van der Waals surface area (Å²) in [6.45, 7) is 8.36. The molecular weight excluding hydrogens is 204 g/mol. The van der Waals surface area contributed by atoms with Crippen LogP contribution in [0.5, 0.6) is 0 Å². The van der Waals surface area contributed by atoms with Crippen LogP contribution in [0.4, 0.5) is 0 Å². The molecule has 1 rings (SSSR count). The zero-order valence-electron chi connectivity index (χ0n) is 11.0. The molecule has 0 aromatic heterocycles. The second kappa shape index (κ2) is 4.44. The zero-order valence-corrected chi connectivity index (χ0v) is 11.0. The van der Waals surface area contributed by atoms with Crippen molar-refractivity contribution in [3.05, 3.63) is 0 Å². The van der Waals surface area contributed by atoms with Crippen molar-refractivity contribution in [2.24, 2.45) is 11.8 Å². The topological polar surface area (TPSA) is 40.6 Å². The van der Waals surface area contributed by atoms with Crippen LogP contribution < -0.4 is 0 Å². The lowest BCUT2D eigenvalue weighted by Gasteiger charge is -2.47. The predicted octanol–water partition coefficient (Wildman–Crippen LogP) is 0.966. The van der Waals surface area contributed by atoms with E-state index in [0.717, 1.165) is 0 Å². The fraction of sp³-hybridized carbons (Fsp3) is 0.833. The number of hydrogen-bond donors (Lipinski definition) is 0. The van der Waals surface area contributed by atoms with E-state index in [1.165, 1.54) is 0 Å². The molecule has 0 bridgehead atoms. The van der Waals surface area contributed by atoms with E-state index in [1.807, 2.05) is 0 Å². The van der Waals surface area contributed by atoms with Gasteiger partial charge >= 0.3 is 11.8 Å². The molecule has 0 N–H and O–H groups in total. The molecule has 1 heterocycles. The number of likely N-dealkylation sites (N-methyl/N-ethyl adjacent to an activating group) is 2. The molecule has 16 heavy (non-hydrogen) atoms. The van der Waals surface area contributed by atoms with E-state index in [-0.39, 0.29) is 12.1 Å². The standard InChI is InChI=1S/C12H22N2O2/c1-7(2)9-10(8(3)4)14(6)12(16)11(15)13(9)5/h7-10H,1-6H3. The number of amides is 2. The van der Waals surface area contributed by atoms with Gasteiger partial charge in [0.1, 0.15) is 0 Å².